The lowest BCUT2D eigenvalue weighted by molar-refractivity contribution is -0.390. The molecule has 0 aromatic carbocycles. The average molecular weight is 339 g/mol. The molecule has 0 spiro atoms. The van der Waals surface area contributed by atoms with E-state index in [2.05, 4.69) is 37.0 Å². The summed E-state index contributed by atoms with van der Waals surface area (Å²) in [5.41, 5.74) is 0.263. The standard InChI is InChI=1S/C8H9Br2N3O2/c9-4-8(1-2-8)5-12-3-6(10)7(11-12)13(14)15/h3H,1-2,4-5H2. The number of hydrogen-bond acceptors (Lipinski definition) is 3. The zero-order valence-corrected chi connectivity index (χ0v) is 11.0. The molecule has 2 rings (SSSR count). The quantitative estimate of drug-likeness (QED) is 0.481. The molecule has 0 aliphatic heterocycles. The van der Waals surface area contributed by atoms with Gasteiger partial charge < -0.3 is 10.1 Å². The normalized spacial score (nSPS) is 17.7. The Labute approximate surface area is 103 Å². The van der Waals surface area contributed by atoms with Gasteiger partial charge in [-0.2, -0.15) is 4.68 Å². The highest BCUT2D eigenvalue weighted by atomic mass is 79.9. The fourth-order valence-corrected chi connectivity index (χ4v) is 2.64. The highest BCUT2D eigenvalue weighted by Gasteiger charge is 2.43. The Hall–Kier alpha value is -0.430. The van der Waals surface area contributed by atoms with Gasteiger partial charge in [0.2, 0.25) is 0 Å². The van der Waals surface area contributed by atoms with Gasteiger partial charge in [-0.05, 0) is 33.7 Å². The molecule has 1 aliphatic carbocycles. The Kier molecular flexibility index (Phi) is 2.85. The van der Waals surface area contributed by atoms with E-state index in [1.807, 2.05) is 0 Å². The number of hydrogen-bond donors (Lipinski definition) is 0. The van der Waals surface area contributed by atoms with E-state index < -0.39 is 4.92 Å². The first-order valence-electron chi connectivity index (χ1n) is 4.50. The van der Waals surface area contributed by atoms with Crippen molar-refractivity contribution in [3.8, 4) is 0 Å². The highest BCUT2D eigenvalue weighted by molar-refractivity contribution is 9.10. The first-order valence-corrected chi connectivity index (χ1v) is 6.41. The van der Waals surface area contributed by atoms with Crippen molar-refractivity contribution < 1.29 is 4.92 Å². The second-order valence-electron chi connectivity index (χ2n) is 3.89. The van der Waals surface area contributed by atoms with E-state index in [-0.39, 0.29) is 11.2 Å². The number of halogens is 2. The van der Waals surface area contributed by atoms with Gasteiger partial charge in [-0.25, -0.2) is 0 Å². The van der Waals surface area contributed by atoms with Crippen LogP contribution in [-0.2, 0) is 6.54 Å². The predicted molar refractivity (Wildman–Crippen MR) is 62.0 cm³/mol. The molecule has 7 heteroatoms. The molecule has 0 N–H and O–H groups in total. The van der Waals surface area contributed by atoms with Crippen LogP contribution in [0.4, 0.5) is 5.82 Å². The highest BCUT2D eigenvalue weighted by Crippen LogP contribution is 2.48. The van der Waals surface area contributed by atoms with Crippen molar-refractivity contribution in [1.29, 1.82) is 0 Å². The Morgan fingerprint density at radius 1 is 1.67 bits per heavy atom. The van der Waals surface area contributed by atoms with E-state index in [1.165, 1.54) is 0 Å². The Morgan fingerprint density at radius 2 is 2.33 bits per heavy atom. The SMILES string of the molecule is O=[N+]([O-])c1nn(CC2(CBr)CC2)cc1Br. The molecule has 5 nitrogen and oxygen atoms in total. The molecule has 1 aliphatic rings. The minimum atomic E-state index is -0.478. The summed E-state index contributed by atoms with van der Waals surface area (Å²) in [4.78, 5) is 10.1. The van der Waals surface area contributed by atoms with Crippen molar-refractivity contribution in [3.05, 3.63) is 20.8 Å². The van der Waals surface area contributed by atoms with Crippen molar-refractivity contribution >= 4 is 37.7 Å². The lowest BCUT2D eigenvalue weighted by atomic mass is 10.1. The third-order valence-corrected chi connectivity index (χ3v) is 4.36. The van der Waals surface area contributed by atoms with Crippen LogP contribution in [0.25, 0.3) is 0 Å². The summed E-state index contributed by atoms with van der Waals surface area (Å²) in [6, 6.07) is 0. The van der Waals surface area contributed by atoms with Crippen LogP contribution in [0.3, 0.4) is 0 Å². The number of rotatable bonds is 4. The van der Waals surface area contributed by atoms with E-state index in [9.17, 15) is 10.1 Å². The van der Waals surface area contributed by atoms with Crippen LogP contribution in [0, 0.1) is 15.5 Å². The molecular weight excluding hydrogens is 330 g/mol. The van der Waals surface area contributed by atoms with Crippen molar-refractivity contribution in [3.63, 3.8) is 0 Å². The molecular formula is C8H9Br2N3O2. The molecule has 1 saturated carbocycles. The van der Waals surface area contributed by atoms with E-state index in [0.29, 0.717) is 4.47 Å². The minimum absolute atomic E-state index is 0.111. The van der Waals surface area contributed by atoms with Crippen molar-refractivity contribution in [2.75, 3.05) is 5.33 Å². The fourth-order valence-electron chi connectivity index (χ4n) is 1.45. The fraction of sp³-hybridized carbons (Fsp3) is 0.625. The molecule has 82 valence electrons. The van der Waals surface area contributed by atoms with Gasteiger partial charge in [0.05, 0.1) is 17.8 Å². The first kappa shape index (κ1) is 11.1. The van der Waals surface area contributed by atoms with Crippen LogP contribution in [0.2, 0.25) is 0 Å². The average Bonchev–Trinajstić information content (AvgIpc) is 2.84. The van der Waals surface area contributed by atoms with Gasteiger partial charge in [-0.1, -0.05) is 15.9 Å². The lowest BCUT2D eigenvalue weighted by Crippen LogP contribution is -2.13. The van der Waals surface area contributed by atoms with Gasteiger partial charge in [0.15, 0.2) is 0 Å². The Morgan fingerprint density at radius 3 is 2.73 bits per heavy atom. The molecule has 15 heavy (non-hydrogen) atoms. The van der Waals surface area contributed by atoms with Crippen LogP contribution in [0.15, 0.2) is 10.7 Å². The number of aromatic nitrogens is 2. The van der Waals surface area contributed by atoms with Crippen LogP contribution >= 0.6 is 31.9 Å². The summed E-state index contributed by atoms with van der Waals surface area (Å²) in [6.07, 6.45) is 3.98. The zero-order chi connectivity index (χ0) is 11.1. The van der Waals surface area contributed by atoms with E-state index >= 15 is 0 Å². The molecule has 1 aromatic rings. The van der Waals surface area contributed by atoms with Gasteiger partial charge in [-0.3, -0.25) is 0 Å². The molecule has 0 unspecified atom stereocenters. The summed E-state index contributed by atoms with van der Waals surface area (Å²) < 4.78 is 2.09. The predicted octanol–water partition coefficient (Wildman–Crippen LogP) is 2.73. The monoisotopic (exact) mass is 337 g/mol. The molecule has 1 fully saturated rings. The Balaban J connectivity index is 2.16. The maximum atomic E-state index is 10.6. The third kappa shape index (κ3) is 2.23. The summed E-state index contributed by atoms with van der Waals surface area (Å²) in [7, 11) is 0. The summed E-state index contributed by atoms with van der Waals surface area (Å²) in [6.45, 7) is 0.741. The van der Waals surface area contributed by atoms with Crippen molar-refractivity contribution in [2.24, 2.45) is 5.41 Å². The topological polar surface area (TPSA) is 61.0 Å². The van der Waals surface area contributed by atoms with Crippen LogP contribution in [0.1, 0.15) is 12.8 Å². The van der Waals surface area contributed by atoms with Crippen LogP contribution < -0.4 is 0 Å². The molecule has 0 amide bonds. The van der Waals surface area contributed by atoms with E-state index in [4.69, 9.17) is 0 Å². The second kappa shape index (κ2) is 3.86. The van der Waals surface area contributed by atoms with Crippen molar-refractivity contribution in [2.45, 2.75) is 19.4 Å². The number of nitro groups is 1. The lowest BCUT2D eigenvalue weighted by Gasteiger charge is -2.07. The van der Waals surface area contributed by atoms with Crippen molar-refractivity contribution in [1.82, 2.24) is 9.78 Å². The van der Waals surface area contributed by atoms with E-state index in [1.54, 1.807) is 10.9 Å². The van der Waals surface area contributed by atoms with Gasteiger partial charge in [0.25, 0.3) is 0 Å². The molecule has 0 radical (unpaired) electrons. The number of nitrogens with zero attached hydrogens (tertiary/aromatic N) is 3. The molecule has 0 saturated heterocycles. The third-order valence-electron chi connectivity index (χ3n) is 2.61. The zero-order valence-electron chi connectivity index (χ0n) is 7.82. The Bertz CT molecular complexity index is 401. The van der Waals surface area contributed by atoms with Gasteiger partial charge in [0.1, 0.15) is 4.47 Å². The summed E-state index contributed by atoms with van der Waals surface area (Å²) in [5.74, 6) is -0.111. The molecule has 1 heterocycles. The summed E-state index contributed by atoms with van der Waals surface area (Å²) in [5, 5.41) is 15.4. The summed E-state index contributed by atoms with van der Waals surface area (Å²) >= 11 is 6.59. The molecule has 1 aromatic heterocycles. The largest absolute Gasteiger partial charge is 0.404 e. The van der Waals surface area contributed by atoms with E-state index in [0.717, 1.165) is 24.7 Å². The van der Waals surface area contributed by atoms with Crippen LogP contribution in [0.5, 0.6) is 0 Å². The van der Waals surface area contributed by atoms with Gasteiger partial charge >= 0.3 is 5.82 Å². The smallest absolute Gasteiger partial charge is 0.358 e. The maximum Gasteiger partial charge on any atom is 0.404 e. The molecule has 0 bridgehead atoms. The van der Waals surface area contributed by atoms with Gasteiger partial charge in [-0.15, -0.1) is 0 Å². The minimum Gasteiger partial charge on any atom is -0.358 e. The number of alkyl halides is 1. The first-order chi connectivity index (χ1) is 7.06. The van der Waals surface area contributed by atoms with Gasteiger partial charge in [0, 0.05) is 10.7 Å². The van der Waals surface area contributed by atoms with Crippen LogP contribution in [-0.4, -0.2) is 20.0 Å². The second-order valence-corrected chi connectivity index (χ2v) is 5.30. The maximum absolute atomic E-state index is 10.6. The molecule has 0 atom stereocenters.